The number of rotatable bonds is 5. The molecule has 1 unspecified atom stereocenters. The molecule has 90 valence electrons. The zero-order chi connectivity index (χ0) is 11.5. The van der Waals surface area contributed by atoms with Crippen LogP contribution in [0.3, 0.4) is 0 Å². The average molecular weight is 214 g/mol. The molecule has 1 atom stereocenters. The molecule has 0 saturated carbocycles. The van der Waals surface area contributed by atoms with E-state index in [0.717, 1.165) is 26.1 Å². The van der Waals surface area contributed by atoms with Crippen LogP contribution in [-0.4, -0.2) is 31.8 Å². The minimum atomic E-state index is -0.132. The van der Waals surface area contributed by atoms with Crippen LogP contribution in [0.15, 0.2) is 0 Å². The third kappa shape index (κ3) is 3.74. The third-order valence-corrected chi connectivity index (χ3v) is 3.75. The van der Waals surface area contributed by atoms with Gasteiger partial charge >= 0.3 is 0 Å². The lowest BCUT2D eigenvalue weighted by molar-refractivity contribution is 0.173. The number of ether oxygens (including phenoxy) is 1. The molecule has 0 radical (unpaired) electrons. The molecule has 1 rings (SSSR count). The van der Waals surface area contributed by atoms with Gasteiger partial charge in [-0.2, -0.15) is 0 Å². The van der Waals surface area contributed by atoms with E-state index in [-0.39, 0.29) is 5.54 Å². The van der Waals surface area contributed by atoms with Gasteiger partial charge in [-0.25, -0.2) is 0 Å². The first-order valence-corrected chi connectivity index (χ1v) is 5.93. The maximum absolute atomic E-state index is 6.18. The molecule has 0 spiro atoms. The third-order valence-electron chi connectivity index (χ3n) is 3.75. The maximum Gasteiger partial charge on any atom is 0.0659 e. The van der Waals surface area contributed by atoms with E-state index in [4.69, 9.17) is 10.5 Å². The molecule has 1 fully saturated rings. The van der Waals surface area contributed by atoms with Gasteiger partial charge < -0.3 is 15.8 Å². The van der Waals surface area contributed by atoms with Crippen molar-refractivity contribution < 1.29 is 4.74 Å². The van der Waals surface area contributed by atoms with Crippen molar-refractivity contribution in [2.45, 2.75) is 39.7 Å². The van der Waals surface area contributed by atoms with Crippen molar-refractivity contribution in [2.24, 2.45) is 17.1 Å². The summed E-state index contributed by atoms with van der Waals surface area (Å²) >= 11 is 0. The topological polar surface area (TPSA) is 47.3 Å². The van der Waals surface area contributed by atoms with E-state index < -0.39 is 0 Å². The van der Waals surface area contributed by atoms with Gasteiger partial charge in [0.25, 0.3) is 0 Å². The summed E-state index contributed by atoms with van der Waals surface area (Å²) in [6.45, 7) is 12.5. The Labute approximate surface area is 93.8 Å². The van der Waals surface area contributed by atoms with Gasteiger partial charge in [0, 0.05) is 19.7 Å². The zero-order valence-electron chi connectivity index (χ0n) is 10.6. The molecule has 1 aliphatic heterocycles. The Bertz CT molecular complexity index is 191. The van der Waals surface area contributed by atoms with Gasteiger partial charge in [0.2, 0.25) is 0 Å². The highest BCUT2D eigenvalue weighted by atomic mass is 16.5. The van der Waals surface area contributed by atoms with Crippen molar-refractivity contribution >= 4 is 0 Å². The van der Waals surface area contributed by atoms with E-state index in [2.05, 4.69) is 33.0 Å². The van der Waals surface area contributed by atoms with Crippen LogP contribution in [-0.2, 0) is 4.74 Å². The van der Waals surface area contributed by atoms with Crippen molar-refractivity contribution in [3.63, 3.8) is 0 Å². The second-order valence-electron chi connectivity index (χ2n) is 5.91. The molecule has 1 saturated heterocycles. The van der Waals surface area contributed by atoms with Crippen molar-refractivity contribution in [3.05, 3.63) is 0 Å². The highest BCUT2D eigenvalue weighted by Gasteiger charge is 2.31. The van der Waals surface area contributed by atoms with Crippen LogP contribution in [0.25, 0.3) is 0 Å². The maximum atomic E-state index is 6.18. The normalized spacial score (nSPS) is 27.6. The van der Waals surface area contributed by atoms with Crippen LogP contribution >= 0.6 is 0 Å². The predicted molar refractivity (Wildman–Crippen MR) is 63.8 cm³/mol. The summed E-state index contributed by atoms with van der Waals surface area (Å²) in [5.41, 5.74) is 6.37. The second-order valence-corrected chi connectivity index (χ2v) is 5.91. The fraction of sp³-hybridized carbons (Fsp3) is 1.00. The molecule has 0 bridgehead atoms. The van der Waals surface area contributed by atoms with Gasteiger partial charge in [-0.05, 0) is 17.8 Å². The highest BCUT2D eigenvalue weighted by Crippen LogP contribution is 2.25. The van der Waals surface area contributed by atoms with Crippen molar-refractivity contribution in [2.75, 3.05) is 26.3 Å². The Morgan fingerprint density at radius 3 is 2.60 bits per heavy atom. The van der Waals surface area contributed by atoms with Gasteiger partial charge in [0.05, 0.1) is 12.1 Å². The van der Waals surface area contributed by atoms with Crippen LogP contribution in [0, 0.1) is 11.3 Å². The first kappa shape index (κ1) is 12.9. The van der Waals surface area contributed by atoms with E-state index in [1.807, 2.05) is 0 Å². The van der Waals surface area contributed by atoms with E-state index in [9.17, 15) is 0 Å². The molecular weight excluding hydrogens is 188 g/mol. The van der Waals surface area contributed by atoms with Crippen molar-refractivity contribution in [1.29, 1.82) is 0 Å². The minimum Gasteiger partial charge on any atom is -0.379 e. The lowest BCUT2D eigenvalue weighted by Crippen LogP contribution is -2.51. The van der Waals surface area contributed by atoms with E-state index in [0.29, 0.717) is 17.9 Å². The fourth-order valence-electron chi connectivity index (χ4n) is 1.60. The summed E-state index contributed by atoms with van der Waals surface area (Å²) in [4.78, 5) is 0. The number of nitrogens with one attached hydrogen (secondary N) is 1. The standard InChI is InChI=1S/C12H26N2O/c1-10(2)11(3,4)7-14-8-12(13)5-6-15-9-12/h10,14H,5-9,13H2,1-4H3. The summed E-state index contributed by atoms with van der Waals surface area (Å²) in [6, 6.07) is 0. The molecule has 1 heterocycles. The molecule has 3 nitrogen and oxygen atoms in total. The summed E-state index contributed by atoms with van der Waals surface area (Å²) in [7, 11) is 0. The van der Waals surface area contributed by atoms with Crippen LogP contribution in [0.2, 0.25) is 0 Å². The molecule has 1 aliphatic rings. The molecule has 3 heteroatoms. The van der Waals surface area contributed by atoms with Gasteiger partial charge in [0.1, 0.15) is 0 Å². The van der Waals surface area contributed by atoms with Crippen molar-refractivity contribution in [3.8, 4) is 0 Å². The molecule has 0 aliphatic carbocycles. The first-order chi connectivity index (χ1) is 6.86. The van der Waals surface area contributed by atoms with E-state index in [1.165, 1.54) is 0 Å². The van der Waals surface area contributed by atoms with Crippen LogP contribution in [0.4, 0.5) is 0 Å². The SMILES string of the molecule is CC(C)C(C)(C)CNCC1(N)CCOC1. The Morgan fingerprint density at radius 2 is 2.13 bits per heavy atom. The first-order valence-electron chi connectivity index (χ1n) is 5.93. The Balaban J connectivity index is 2.26. The summed E-state index contributed by atoms with van der Waals surface area (Å²) in [6.07, 6.45) is 0.974. The lowest BCUT2D eigenvalue weighted by Gasteiger charge is -2.31. The summed E-state index contributed by atoms with van der Waals surface area (Å²) in [5, 5.41) is 3.48. The molecule has 0 aromatic rings. The molecule has 0 amide bonds. The van der Waals surface area contributed by atoms with Crippen molar-refractivity contribution in [1.82, 2.24) is 5.32 Å². The number of hydrogen-bond donors (Lipinski definition) is 2. The number of nitrogens with two attached hydrogens (primary N) is 1. The number of hydrogen-bond acceptors (Lipinski definition) is 3. The highest BCUT2D eigenvalue weighted by molar-refractivity contribution is 4.90. The lowest BCUT2D eigenvalue weighted by atomic mass is 9.81. The largest absolute Gasteiger partial charge is 0.379 e. The monoisotopic (exact) mass is 214 g/mol. The van der Waals surface area contributed by atoms with Crippen LogP contribution in [0.5, 0.6) is 0 Å². The quantitative estimate of drug-likeness (QED) is 0.727. The van der Waals surface area contributed by atoms with Gasteiger partial charge in [0.15, 0.2) is 0 Å². The second kappa shape index (κ2) is 4.81. The summed E-state index contributed by atoms with van der Waals surface area (Å²) in [5.74, 6) is 0.679. The molecule has 0 aromatic carbocycles. The van der Waals surface area contributed by atoms with E-state index in [1.54, 1.807) is 0 Å². The average Bonchev–Trinajstić information content (AvgIpc) is 2.51. The summed E-state index contributed by atoms with van der Waals surface area (Å²) < 4.78 is 5.33. The Morgan fingerprint density at radius 1 is 1.47 bits per heavy atom. The van der Waals surface area contributed by atoms with Gasteiger partial charge in [-0.1, -0.05) is 27.7 Å². The minimum absolute atomic E-state index is 0.132. The van der Waals surface area contributed by atoms with Gasteiger partial charge in [-0.15, -0.1) is 0 Å². The van der Waals surface area contributed by atoms with Crippen LogP contribution in [0.1, 0.15) is 34.1 Å². The van der Waals surface area contributed by atoms with Gasteiger partial charge in [-0.3, -0.25) is 0 Å². The zero-order valence-corrected chi connectivity index (χ0v) is 10.6. The fourth-order valence-corrected chi connectivity index (χ4v) is 1.60. The Hall–Kier alpha value is -0.120. The Kier molecular flexibility index (Phi) is 4.15. The van der Waals surface area contributed by atoms with Crippen LogP contribution < -0.4 is 11.1 Å². The molecular formula is C12H26N2O. The molecule has 0 aromatic heterocycles. The predicted octanol–water partition coefficient (Wildman–Crippen LogP) is 1.38. The van der Waals surface area contributed by atoms with E-state index >= 15 is 0 Å². The molecule has 15 heavy (non-hydrogen) atoms. The smallest absolute Gasteiger partial charge is 0.0659 e. The molecule has 3 N–H and O–H groups in total.